The van der Waals surface area contributed by atoms with E-state index in [-0.39, 0.29) is 115 Å². The first-order chi connectivity index (χ1) is 0. The minimum absolute atomic E-state index is 0. The number of hydrogen-bond acceptors (Lipinski definition) is 0. The monoisotopic (exact) mass is 158 g/mol. The van der Waals surface area contributed by atoms with Gasteiger partial charge in [0.05, 0.1) is 0 Å². The molecule has 0 rings (SSSR count). The standard InChI is InChI=1S/3ClH.Li.2Na/h3*1H;;;/q;;;3*+1/p-3. The molecule has 0 aliphatic carbocycles. The quantitative estimate of drug-likeness (QED) is 0.308. The Labute approximate surface area is 113 Å². The van der Waals surface area contributed by atoms with Gasteiger partial charge in [0.25, 0.3) is 0 Å². The van der Waals surface area contributed by atoms with Crippen LogP contribution >= 0.6 is 0 Å². The minimum Gasteiger partial charge on any atom is -1.00 e. The molecule has 0 aliphatic rings. The Kier molecular flexibility index (Phi) is 370. The van der Waals surface area contributed by atoms with Crippen LogP contribution in [0, 0.1) is 0 Å². The zero-order valence-corrected chi connectivity index (χ0v) is 10.4. The van der Waals surface area contributed by atoms with E-state index in [1.54, 1.807) is 0 Å². The first kappa shape index (κ1) is 56.5. The van der Waals surface area contributed by atoms with E-state index < -0.39 is 0 Å². The summed E-state index contributed by atoms with van der Waals surface area (Å²) in [7, 11) is 0. The largest absolute Gasteiger partial charge is 1.00 e. The van der Waals surface area contributed by atoms with Gasteiger partial charge in [-0.25, -0.2) is 0 Å². The average molecular weight is 159 g/mol. The molecule has 0 spiro atoms. The Morgan fingerprint density at radius 1 is 0.500 bits per heavy atom. The van der Waals surface area contributed by atoms with E-state index in [2.05, 4.69) is 0 Å². The fraction of sp³-hybridized carbons (Fsp3) is 0. The summed E-state index contributed by atoms with van der Waals surface area (Å²) in [4.78, 5) is 0. The predicted octanol–water partition coefficient (Wildman–Crippen LogP) is -18.0. The zero-order valence-electron chi connectivity index (χ0n) is 4.13. The summed E-state index contributed by atoms with van der Waals surface area (Å²) < 4.78 is 0. The third-order valence-electron chi connectivity index (χ3n) is 0. The van der Waals surface area contributed by atoms with Gasteiger partial charge in [0.2, 0.25) is 0 Å². The van der Waals surface area contributed by atoms with Gasteiger partial charge in [-0.3, -0.25) is 0 Å². The van der Waals surface area contributed by atoms with Crippen LogP contribution in [-0.4, -0.2) is 0 Å². The molecule has 0 aliphatic heterocycles. The van der Waals surface area contributed by atoms with Crippen molar-refractivity contribution in [3.8, 4) is 0 Å². The van der Waals surface area contributed by atoms with E-state index >= 15 is 0 Å². The smallest absolute Gasteiger partial charge is 1.00 e. The summed E-state index contributed by atoms with van der Waals surface area (Å²) in [5.41, 5.74) is 0. The Bertz CT molecular complexity index is 8.75. The maximum Gasteiger partial charge on any atom is 1.00 e. The summed E-state index contributed by atoms with van der Waals surface area (Å²) >= 11 is 0. The van der Waals surface area contributed by atoms with Crippen LogP contribution in [0.25, 0.3) is 0 Å². The van der Waals surface area contributed by atoms with Crippen LogP contribution in [0.4, 0.5) is 0 Å². The summed E-state index contributed by atoms with van der Waals surface area (Å²) in [6.45, 7) is 0. The van der Waals surface area contributed by atoms with E-state index in [9.17, 15) is 0 Å². The van der Waals surface area contributed by atoms with Gasteiger partial charge in [0.15, 0.2) is 0 Å². The zero-order chi connectivity index (χ0) is 0. The van der Waals surface area contributed by atoms with Crippen LogP contribution in [-0.2, 0) is 0 Å². The normalized spacial score (nSPS) is 0. The van der Waals surface area contributed by atoms with Crippen molar-refractivity contribution in [2.45, 2.75) is 0 Å². The van der Waals surface area contributed by atoms with E-state index in [4.69, 9.17) is 0 Å². The van der Waals surface area contributed by atoms with Gasteiger partial charge in [-0.15, -0.1) is 0 Å². The maximum absolute atomic E-state index is 0. The molecule has 0 saturated heterocycles. The van der Waals surface area contributed by atoms with Crippen molar-refractivity contribution in [1.29, 1.82) is 0 Å². The maximum atomic E-state index is 0. The first-order valence-electron chi connectivity index (χ1n) is 0. The summed E-state index contributed by atoms with van der Waals surface area (Å²) in [6, 6.07) is 0. The number of halogens is 3. The fourth-order valence-electron chi connectivity index (χ4n) is 0. The van der Waals surface area contributed by atoms with Crippen LogP contribution < -0.4 is 115 Å². The van der Waals surface area contributed by atoms with Crippen molar-refractivity contribution in [2.24, 2.45) is 0 Å². The molecule has 0 nitrogen and oxygen atoms in total. The number of rotatable bonds is 0. The molecule has 0 aromatic heterocycles. The predicted molar refractivity (Wildman–Crippen MR) is 0 cm³/mol. The molecule has 6 heavy (non-hydrogen) atoms. The molecule has 6 heteroatoms. The van der Waals surface area contributed by atoms with Crippen LogP contribution in [0.5, 0.6) is 0 Å². The molecule has 0 atom stereocenters. The van der Waals surface area contributed by atoms with Gasteiger partial charge in [-0.05, 0) is 0 Å². The molecule has 0 bridgehead atoms. The molecule has 0 heterocycles. The fourth-order valence-corrected chi connectivity index (χ4v) is 0. The number of hydrogen-bond donors (Lipinski definition) is 0. The van der Waals surface area contributed by atoms with Gasteiger partial charge in [0, 0.05) is 0 Å². The van der Waals surface area contributed by atoms with Gasteiger partial charge in [-0.1, -0.05) is 0 Å². The van der Waals surface area contributed by atoms with E-state index in [1.165, 1.54) is 0 Å². The van der Waals surface area contributed by atoms with Crippen LogP contribution in [0.15, 0.2) is 0 Å². The van der Waals surface area contributed by atoms with Crippen molar-refractivity contribution in [1.82, 2.24) is 0 Å². The molecule has 0 aromatic carbocycles. The summed E-state index contributed by atoms with van der Waals surface area (Å²) in [5, 5.41) is 0. The molecule has 0 unspecified atom stereocenters. The van der Waals surface area contributed by atoms with E-state index in [1.807, 2.05) is 0 Å². The molecular weight excluding hydrogens is 159 g/mol. The Hall–Kier alpha value is 3.47. The van der Waals surface area contributed by atoms with Gasteiger partial charge in [-0.2, -0.15) is 0 Å². The topological polar surface area (TPSA) is 0 Å². The third kappa shape index (κ3) is 26.0. The third-order valence-corrected chi connectivity index (χ3v) is 0. The Morgan fingerprint density at radius 3 is 0.500 bits per heavy atom. The van der Waals surface area contributed by atoms with Crippen LogP contribution in [0.2, 0.25) is 0 Å². The van der Waals surface area contributed by atoms with Gasteiger partial charge in [0.1, 0.15) is 0 Å². The van der Waals surface area contributed by atoms with Crippen molar-refractivity contribution >= 4 is 0 Å². The second-order valence-electron chi connectivity index (χ2n) is 0. The molecule has 0 fully saturated rings. The van der Waals surface area contributed by atoms with Gasteiger partial charge >= 0.3 is 78.0 Å². The van der Waals surface area contributed by atoms with Crippen LogP contribution in [0.3, 0.4) is 0 Å². The van der Waals surface area contributed by atoms with Crippen LogP contribution in [0.1, 0.15) is 0 Å². The molecule has 0 radical (unpaired) electrons. The molecule has 0 N–H and O–H groups in total. The Morgan fingerprint density at radius 2 is 0.500 bits per heavy atom. The van der Waals surface area contributed by atoms with Crippen molar-refractivity contribution in [3.63, 3.8) is 0 Å². The van der Waals surface area contributed by atoms with Crippen molar-refractivity contribution < 1.29 is 115 Å². The molecular formula is Cl3LiNa2. The summed E-state index contributed by atoms with van der Waals surface area (Å²) in [6.07, 6.45) is 0. The van der Waals surface area contributed by atoms with Crippen molar-refractivity contribution in [3.05, 3.63) is 0 Å². The molecule has 0 saturated carbocycles. The molecule has 0 aromatic rings. The minimum atomic E-state index is 0. The average Bonchev–Trinajstić information content (AvgIpc) is 0. The molecule has 0 amide bonds. The Balaban J connectivity index is 0. The summed E-state index contributed by atoms with van der Waals surface area (Å²) in [5.74, 6) is 0. The van der Waals surface area contributed by atoms with Crippen molar-refractivity contribution in [2.75, 3.05) is 0 Å². The second-order valence-corrected chi connectivity index (χ2v) is 0. The van der Waals surface area contributed by atoms with Gasteiger partial charge < -0.3 is 37.2 Å². The SMILES string of the molecule is [Cl-].[Cl-].[Cl-].[Li+].[Na+].[Na+]. The second kappa shape index (κ2) is 39.3. The van der Waals surface area contributed by atoms with E-state index in [0.29, 0.717) is 0 Å². The van der Waals surface area contributed by atoms with E-state index in [0.717, 1.165) is 0 Å². The first-order valence-corrected chi connectivity index (χ1v) is 0. The molecule has 24 valence electrons.